The van der Waals surface area contributed by atoms with Gasteiger partial charge in [-0.3, -0.25) is 9.59 Å². The number of likely N-dealkylation sites (tertiary alicyclic amines) is 1. The van der Waals surface area contributed by atoms with Crippen molar-refractivity contribution in [2.75, 3.05) is 31.2 Å². The van der Waals surface area contributed by atoms with Crippen molar-refractivity contribution in [3.8, 4) is 11.5 Å². The van der Waals surface area contributed by atoms with Gasteiger partial charge in [-0.2, -0.15) is 0 Å². The van der Waals surface area contributed by atoms with E-state index in [1.165, 1.54) is 4.90 Å². The summed E-state index contributed by atoms with van der Waals surface area (Å²) >= 11 is 0. The maximum atomic E-state index is 13.4. The summed E-state index contributed by atoms with van der Waals surface area (Å²) in [5.74, 6) is 0.613. The number of ether oxygens (including phenoxy) is 2. The predicted octanol–water partition coefficient (Wildman–Crippen LogP) is 2.84. The van der Waals surface area contributed by atoms with Gasteiger partial charge in [-0.15, -0.1) is 0 Å². The van der Waals surface area contributed by atoms with E-state index < -0.39 is 0 Å². The minimum Gasteiger partial charge on any atom is -0.486 e. The third-order valence-corrected chi connectivity index (χ3v) is 5.33. The number of hydrogen-bond donors (Lipinski definition) is 0. The summed E-state index contributed by atoms with van der Waals surface area (Å²) in [6, 6.07) is 14.6. The number of fused-ring (bicyclic) bond motifs is 1. The number of carbonyl (C=O) groups is 2. The van der Waals surface area contributed by atoms with Crippen LogP contribution in [-0.4, -0.2) is 43.0 Å². The van der Waals surface area contributed by atoms with Gasteiger partial charge in [0.2, 0.25) is 0 Å². The van der Waals surface area contributed by atoms with Crippen LogP contribution in [0, 0.1) is 0 Å². The van der Waals surface area contributed by atoms with Gasteiger partial charge < -0.3 is 14.4 Å². The molecule has 0 spiro atoms. The monoisotopic (exact) mass is 376 g/mol. The number of imide groups is 1. The first kappa shape index (κ1) is 16.9. The third-order valence-electron chi connectivity index (χ3n) is 5.33. The van der Waals surface area contributed by atoms with Crippen molar-refractivity contribution >= 4 is 23.1 Å². The lowest BCUT2D eigenvalue weighted by molar-refractivity contribution is -0.120. The highest BCUT2D eigenvalue weighted by Crippen LogP contribution is 2.39. The van der Waals surface area contributed by atoms with Crippen LogP contribution in [0.5, 0.6) is 11.5 Å². The molecule has 142 valence electrons. The maximum absolute atomic E-state index is 13.4. The van der Waals surface area contributed by atoms with E-state index in [1.54, 1.807) is 18.2 Å². The van der Waals surface area contributed by atoms with E-state index >= 15 is 0 Å². The molecular formula is C22H20N2O4. The summed E-state index contributed by atoms with van der Waals surface area (Å²) < 4.78 is 11.2. The van der Waals surface area contributed by atoms with Crippen LogP contribution < -0.4 is 14.4 Å². The quantitative estimate of drug-likeness (QED) is 0.771. The molecule has 3 heterocycles. The van der Waals surface area contributed by atoms with Gasteiger partial charge in [-0.05, 0) is 30.5 Å². The number of nitrogens with zero attached hydrogens (tertiary/aromatic N) is 2. The van der Waals surface area contributed by atoms with Gasteiger partial charge in [0.25, 0.3) is 11.8 Å². The van der Waals surface area contributed by atoms with Crippen LogP contribution in [0.2, 0.25) is 0 Å². The molecule has 5 rings (SSSR count). The minimum atomic E-state index is -0.297. The van der Waals surface area contributed by atoms with Crippen molar-refractivity contribution in [1.82, 2.24) is 4.90 Å². The molecule has 0 aliphatic carbocycles. The van der Waals surface area contributed by atoms with E-state index in [-0.39, 0.29) is 11.8 Å². The van der Waals surface area contributed by atoms with Crippen molar-refractivity contribution < 1.29 is 19.1 Å². The van der Waals surface area contributed by atoms with Crippen LogP contribution in [0.3, 0.4) is 0 Å². The first-order valence-electron chi connectivity index (χ1n) is 9.57. The fourth-order valence-electron chi connectivity index (χ4n) is 4.02. The van der Waals surface area contributed by atoms with Crippen LogP contribution in [-0.2, 0) is 9.59 Å². The number of carbonyl (C=O) groups excluding carboxylic acids is 2. The van der Waals surface area contributed by atoms with E-state index in [1.807, 2.05) is 35.2 Å². The normalized spacial score (nSPS) is 19.0. The molecular weight excluding hydrogens is 356 g/mol. The minimum absolute atomic E-state index is 0.276. The lowest BCUT2D eigenvalue weighted by Gasteiger charge is -2.22. The van der Waals surface area contributed by atoms with Crippen molar-refractivity contribution in [2.24, 2.45) is 0 Å². The topological polar surface area (TPSA) is 59.1 Å². The molecule has 0 saturated carbocycles. The Bertz CT molecular complexity index is 977. The predicted molar refractivity (Wildman–Crippen MR) is 104 cm³/mol. The van der Waals surface area contributed by atoms with Gasteiger partial charge in [0.15, 0.2) is 11.5 Å². The Balaban J connectivity index is 1.59. The average molecular weight is 376 g/mol. The van der Waals surface area contributed by atoms with Gasteiger partial charge in [0.1, 0.15) is 18.9 Å². The molecule has 0 atom stereocenters. The Morgan fingerprint density at radius 2 is 1.50 bits per heavy atom. The van der Waals surface area contributed by atoms with Crippen molar-refractivity contribution in [3.63, 3.8) is 0 Å². The summed E-state index contributed by atoms with van der Waals surface area (Å²) in [6.45, 7) is 2.52. The molecule has 2 aromatic rings. The molecule has 6 heteroatoms. The van der Waals surface area contributed by atoms with E-state index in [0.29, 0.717) is 41.7 Å². The Labute approximate surface area is 163 Å². The lowest BCUT2D eigenvalue weighted by atomic mass is 10.0. The van der Waals surface area contributed by atoms with E-state index in [0.717, 1.165) is 31.5 Å². The molecule has 2 amide bonds. The number of amides is 2. The molecule has 0 aromatic heterocycles. The highest BCUT2D eigenvalue weighted by Gasteiger charge is 2.43. The average Bonchev–Trinajstić information content (AvgIpc) is 3.34. The Morgan fingerprint density at radius 3 is 2.25 bits per heavy atom. The number of hydrogen-bond acceptors (Lipinski definition) is 5. The number of benzene rings is 2. The van der Waals surface area contributed by atoms with Crippen LogP contribution in [0.15, 0.2) is 54.2 Å². The van der Waals surface area contributed by atoms with Crippen LogP contribution in [0.4, 0.5) is 5.69 Å². The van der Waals surface area contributed by atoms with E-state index in [9.17, 15) is 9.59 Å². The summed E-state index contributed by atoms with van der Waals surface area (Å²) in [4.78, 5) is 30.1. The molecule has 0 N–H and O–H groups in total. The van der Waals surface area contributed by atoms with Crippen LogP contribution >= 0.6 is 0 Å². The van der Waals surface area contributed by atoms with Crippen molar-refractivity contribution in [1.29, 1.82) is 0 Å². The molecule has 3 aliphatic heterocycles. The van der Waals surface area contributed by atoms with Crippen molar-refractivity contribution in [3.05, 3.63) is 59.8 Å². The van der Waals surface area contributed by atoms with Crippen LogP contribution in [0.1, 0.15) is 18.4 Å². The second-order valence-corrected chi connectivity index (χ2v) is 7.06. The highest BCUT2D eigenvalue weighted by atomic mass is 16.6. The number of rotatable bonds is 3. The summed E-state index contributed by atoms with van der Waals surface area (Å²) in [6.07, 6.45) is 2.05. The smallest absolute Gasteiger partial charge is 0.282 e. The summed E-state index contributed by atoms with van der Waals surface area (Å²) in [5, 5.41) is 0. The second kappa shape index (κ2) is 6.71. The van der Waals surface area contributed by atoms with Gasteiger partial charge in [0.05, 0.1) is 11.3 Å². The zero-order valence-electron chi connectivity index (χ0n) is 15.4. The highest BCUT2D eigenvalue weighted by molar-refractivity contribution is 6.45. The molecule has 0 bridgehead atoms. The number of anilines is 1. The fraction of sp³-hybridized carbons (Fsp3) is 0.273. The first-order chi connectivity index (χ1) is 13.7. The first-order valence-corrected chi connectivity index (χ1v) is 9.57. The van der Waals surface area contributed by atoms with Gasteiger partial charge >= 0.3 is 0 Å². The maximum Gasteiger partial charge on any atom is 0.282 e. The van der Waals surface area contributed by atoms with Gasteiger partial charge in [-0.1, -0.05) is 30.3 Å². The standard InChI is InChI=1S/C22H20N2O4/c25-21-19(15-6-2-1-3-7-15)20(23-10-4-5-11-23)22(26)24(21)16-8-9-17-18(14-16)28-13-12-27-17/h1-3,6-9,14H,4-5,10-13H2. The zero-order chi connectivity index (χ0) is 19.1. The Morgan fingerprint density at radius 1 is 0.786 bits per heavy atom. The summed E-state index contributed by atoms with van der Waals surface area (Å²) in [5.41, 5.74) is 2.25. The molecule has 2 aromatic carbocycles. The van der Waals surface area contributed by atoms with E-state index in [2.05, 4.69) is 0 Å². The molecule has 0 unspecified atom stereocenters. The molecule has 3 aliphatic rings. The lowest BCUT2D eigenvalue weighted by Crippen LogP contribution is -2.34. The summed E-state index contributed by atoms with van der Waals surface area (Å²) in [7, 11) is 0. The molecule has 28 heavy (non-hydrogen) atoms. The fourth-order valence-corrected chi connectivity index (χ4v) is 4.02. The largest absolute Gasteiger partial charge is 0.486 e. The van der Waals surface area contributed by atoms with E-state index in [4.69, 9.17) is 9.47 Å². The van der Waals surface area contributed by atoms with Gasteiger partial charge in [-0.25, -0.2) is 4.90 Å². The second-order valence-electron chi connectivity index (χ2n) is 7.06. The Hall–Kier alpha value is -3.28. The molecule has 1 saturated heterocycles. The Kier molecular flexibility index (Phi) is 4.04. The molecule has 0 radical (unpaired) electrons. The van der Waals surface area contributed by atoms with Crippen molar-refractivity contribution in [2.45, 2.75) is 12.8 Å². The van der Waals surface area contributed by atoms with Crippen LogP contribution in [0.25, 0.3) is 5.57 Å². The molecule has 6 nitrogen and oxygen atoms in total. The molecule has 1 fully saturated rings. The SMILES string of the molecule is O=C1C(c2ccccc2)=C(N2CCCC2)C(=O)N1c1ccc2c(c1)OCCO2. The zero-order valence-corrected chi connectivity index (χ0v) is 15.4. The van der Waals surface area contributed by atoms with Gasteiger partial charge in [0, 0.05) is 19.2 Å². The third kappa shape index (κ3) is 2.64.